The molecular formula is C20H17ClN2O4S. The number of ether oxygens (including phenoxy) is 2. The molecule has 6 nitrogen and oxygen atoms in total. The number of nitrogens with one attached hydrogen (secondary N) is 1. The number of thiazole rings is 1. The number of anilines is 1. The molecule has 0 saturated heterocycles. The highest BCUT2D eigenvalue weighted by molar-refractivity contribution is 7.14. The van der Waals surface area contributed by atoms with Gasteiger partial charge in [0.25, 0.3) is 5.91 Å². The Morgan fingerprint density at radius 1 is 1.18 bits per heavy atom. The van der Waals surface area contributed by atoms with Crippen molar-refractivity contribution in [3.05, 3.63) is 63.4 Å². The third-order valence-corrected chi connectivity index (χ3v) is 4.98. The first-order valence-corrected chi connectivity index (χ1v) is 9.50. The standard InChI is InChI=1S/C20H17ClN2O4S/c1-12-22-18(13-6-4-3-5-7-13)19(28-12)20(25)27-11-17(24)23-14-8-9-16(26-2)15(21)10-14/h3-10H,11H2,1-2H3,(H,23,24). The monoisotopic (exact) mass is 416 g/mol. The Bertz CT molecular complexity index is 1000. The average Bonchev–Trinajstić information content (AvgIpc) is 3.09. The predicted octanol–water partition coefficient (Wildman–Crippen LogP) is 4.58. The zero-order valence-electron chi connectivity index (χ0n) is 15.2. The fourth-order valence-corrected chi connectivity index (χ4v) is 3.59. The van der Waals surface area contributed by atoms with Crippen molar-refractivity contribution in [2.24, 2.45) is 0 Å². The second-order valence-corrected chi connectivity index (χ2v) is 7.36. The molecule has 0 aliphatic carbocycles. The van der Waals surface area contributed by atoms with Crippen LogP contribution in [0.2, 0.25) is 5.02 Å². The molecule has 3 aromatic rings. The van der Waals surface area contributed by atoms with Crippen LogP contribution in [-0.2, 0) is 9.53 Å². The molecule has 0 fully saturated rings. The van der Waals surface area contributed by atoms with E-state index >= 15 is 0 Å². The Morgan fingerprint density at radius 3 is 2.61 bits per heavy atom. The van der Waals surface area contributed by atoms with Crippen LogP contribution in [0.25, 0.3) is 11.3 Å². The molecule has 1 amide bonds. The molecule has 0 aliphatic rings. The van der Waals surface area contributed by atoms with E-state index in [4.69, 9.17) is 21.1 Å². The van der Waals surface area contributed by atoms with Gasteiger partial charge in [-0.25, -0.2) is 9.78 Å². The highest BCUT2D eigenvalue weighted by atomic mass is 35.5. The maximum Gasteiger partial charge on any atom is 0.351 e. The van der Waals surface area contributed by atoms with Crippen LogP contribution in [0, 0.1) is 6.92 Å². The lowest BCUT2D eigenvalue weighted by Gasteiger charge is -2.08. The van der Waals surface area contributed by atoms with Crippen LogP contribution in [-0.4, -0.2) is 30.6 Å². The quantitative estimate of drug-likeness (QED) is 0.595. The van der Waals surface area contributed by atoms with E-state index in [2.05, 4.69) is 10.3 Å². The van der Waals surface area contributed by atoms with Gasteiger partial charge in [0.05, 0.1) is 22.8 Å². The molecule has 0 aliphatic heterocycles. The molecule has 0 bridgehead atoms. The summed E-state index contributed by atoms with van der Waals surface area (Å²) in [5.41, 5.74) is 1.84. The van der Waals surface area contributed by atoms with E-state index in [1.807, 2.05) is 37.3 Å². The summed E-state index contributed by atoms with van der Waals surface area (Å²) in [6, 6.07) is 14.2. The number of esters is 1. The van der Waals surface area contributed by atoms with Crippen LogP contribution in [0.5, 0.6) is 5.75 Å². The zero-order chi connectivity index (χ0) is 20.1. The fraction of sp³-hybridized carbons (Fsp3) is 0.150. The van der Waals surface area contributed by atoms with Gasteiger partial charge in [-0.15, -0.1) is 11.3 Å². The van der Waals surface area contributed by atoms with Crippen LogP contribution in [0.1, 0.15) is 14.7 Å². The second-order valence-electron chi connectivity index (χ2n) is 5.75. The number of carbonyl (C=O) groups excluding carboxylic acids is 2. The van der Waals surface area contributed by atoms with Gasteiger partial charge >= 0.3 is 5.97 Å². The van der Waals surface area contributed by atoms with Gasteiger partial charge in [0.1, 0.15) is 10.6 Å². The molecule has 1 aromatic heterocycles. The Hall–Kier alpha value is -2.90. The van der Waals surface area contributed by atoms with E-state index in [9.17, 15) is 9.59 Å². The van der Waals surface area contributed by atoms with Crippen molar-refractivity contribution >= 4 is 40.5 Å². The summed E-state index contributed by atoms with van der Waals surface area (Å²) in [6.07, 6.45) is 0. The molecule has 0 spiro atoms. The van der Waals surface area contributed by atoms with Gasteiger partial charge in [0.15, 0.2) is 6.61 Å². The minimum atomic E-state index is -0.590. The number of hydrogen-bond acceptors (Lipinski definition) is 6. The number of rotatable bonds is 6. The zero-order valence-corrected chi connectivity index (χ0v) is 16.8. The highest BCUT2D eigenvalue weighted by Crippen LogP contribution is 2.29. The summed E-state index contributed by atoms with van der Waals surface area (Å²) in [5, 5.41) is 3.73. The number of halogens is 1. The molecule has 0 radical (unpaired) electrons. The number of amides is 1. The molecule has 1 N–H and O–H groups in total. The smallest absolute Gasteiger partial charge is 0.351 e. The SMILES string of the molecule is COc1ccc(NC(=O)COC(=O)c2sc(C)nc2-c2ccccc2)cc1Cl. The van der Waals surface area contributed by atoms with Crippen LogP contribution >= 0.6 is 22.9 Å². The Kier molecular flexibility index (Phi) is 6.28. The Balaban J connectivity index is 1.64. The third-order valence-electron chi connectivity index (χ3n) is 3.74. The van der Waals surface area contributed by atoms with Crippen molar-refractivity contribution in [2.75, 3.05) is 19.0 Å². The topological polar surface area (TPSA) is 77.5 Å². The molecule has 3 rings (SSSR count). The molecule has 2 aromatic carbocycles. The number of carbonyl (C=O) groups is 2. The second kappa shape index (κ2) is 8.86. The number of aromatic nitrogens is 1. The average molecular weight is 417 g/mol. The van der Waals surface area contributed by atoms with Crippen molar-refractivity contribution in [1.82, 2.24) is 4.98 Å². The molecule has 8 heteroatoms. The minimum absolute atomic E-state index is 0.365. The van der Waals surface area contributed by atoms with Crippen molar-refractivity contribution in [3.8, 4) is 17.0 Å². The highest BCUT2D eigenvalue weighted by Gasteiger charge is 2.20. The van der Waals surface area contributed by atoms with Crippen molar-refractivity contribution in [3.63, 3.8) is 0 Å². The number of benzene rings is 2. The van der Waals surface area contributed by atoms with E-state index in [1.165, 1.54) is 18.4 Å². The summed E-state index contributed by atoms with van der Waals surface area (Å²) < 4.78 is 10.2. The summed E-state index contributed by atoms with van der Waals surface area (Å²) in [7, 11) is 1.50. The van der Waals surface area contributed by atoms with Gasteiger partial charge in [0, 0.05) is 11.3 Å². The summed E-state index contributed by atoms with van der Waals surface area (Å²) >= 11 is 7.26. The van der Waals surface area contributed by atoms with Crippen LogP contribution in [0.3, 0.4) is 0 Å². The lowest BCUT2D eigenvalue weighted by molar-refractivity contribution is -0.119. The number of nitrogens with zero attached hydrogens (tertiary/aromatic N) is 1. The number of methoxy groups -OCH3 is 1. The lowest BCUT2D eigenvalue weighted by atomic mass is 10.1. The van der Waals surface area contributed by atoms with Gasteiger partial charge in [-0.05, 0) is 25.1 Å². The van der Waals surface area contributed by atoms with Gasteiger partial charge in [0.2, 0.25) is 0 Å². The minimum Gasteiger partial charge on any atom is -0.495 e. The maximum atomic E-state index is 12.5. The van der Waals surface area contributed by atoms with Crippen LogP contribution < -0.4 is 10.1 Å². The lowest BCUT2D eigenvalue weighted by Crippen LogP contribution is -2.20. The molecule has 1 heterocycles. The molecular weight excluding hydrogens is 400 g/mol. The normalized spacial score (nSPS) is 10.4. The fourth-order valence-electron chi connectivity index (χ4n) is 2.49. The first-order valence-electron chi connectivity index (χ1n) is 8.31. The molecule has 0 unspecified atom stereocenters. The van der Waals surface area contributed by atoms with E-state index in [1.54, 1.807) is 18.2 Å². The van der Waals surface area contributed by atoms with E-state index in [0.29, 0.717) is 27.0 Å². The maximum absolute atomic E-state index is 12.5. The Morgan fingerprint density at radius 2 is 1.93 bits per heavy atom. The van der Waals surface area contributed by atoms with Crippen molar-refractivity contribution in [1.29, 1.82) is 0 Å². The number of hydrogen-bond donors (Lipinski definition) is 1. The molecule has 0 atom stereocenters. The van der Waals surface area contributed by atoms with Gasteiger partial charge in [-0.1, -0.05) is 41.9 Å². The Labute approximate surface area is 171 Å². The van der Waals surface area contributed by atoms with E-state index in [0.717, 1.165) is 10.6 Å². The van der Waals surface area contributed by atoms with E-state index in [-0.39, 0.29) is 0 Å². The van der Waals surface area contributed by atoms with Crippen LogP contribution in [0.4, 0.5) is 5.69 Å². The van der Waals surface area contributed by atoms with Crippen LogP contribution in [0.15, 0.2) is 48.5 Å². The van der Waals surface area contributed by atoms with Gasteiger partial charge in [-0.3, -0.25) is 4.79 Å². The first kappa shape index (κ1) is 19.9. The summed E-state index contributed by atoms with van der Waals surface area (Å²) in [4.78, 5) is 29.4. The molecule has 0 saturated carbocycles. The summed E-state index contributed by atoms with van der Waals surface area (Å²) in [5.74, 6) is -0.565. The van der Waals surface area contributed by atoms with Gasteiger partial charge < -0.3 is 14.8 Å². The first-order chi connectivity index (χ1) is 13.5. The van der Waals surface area contributed by atoms with E-state index < -0.39 is 18.5 Å². The van der Waals surface area contributed by atoms with Gasteiger partial charge in [-0.2, -0.15) is 0 Å². The largest absolute Gasteiger partial charge is 0.495 e. The molecule has 28 heavy (non-hydrogen) atoms. The predicted molar refractivity (Wildman–Crippen MR) is 109 cm³/mol. The van der Waals surface area contributed by atoms with Crippen molar-refractivity contribution in [2.45, 2.75) is 6.92 Å². The van der Waals surface area contributed by atoms with Crippen molar-refractivity contribution < 1.29 is 19.1 Å². The number of aryl methyl sites for hydroxylation is 1. The summed E-state index contributed by atoms with van der Waals surface area (Å²) in [6.45, 7) is 1.39. The molecule has 144 valence electrons. The third kappa shape index (κ3) is 4.68.